The van der Waals surface area contributed by atoms with E-state index in [4.69, 9.17) is 4.42 Å². The molecule has 0 N–H and O–H groups in total. The van der Waals surface area contributed by atoms with Crippen LogP contribution >= 0.6 is 0 Å². The summed E-state index contributed by atoms with van der Waals surface area (Å²) in [5.41, 5.74) is 3.69. The monoisotopic (exact) mass is 299 g/mol. The first kappa shape index (κ1) is 13.4. The number of pyridine rings is 1. The van der Waals surface area contributed by atoms with E-state index in [9.17, 15) is 0 Å². The van der Waals surface area contributed by atoms with Crippen molar-refractivity contribution >= 4 is 0 Å². The third-order valence-electron chi connectivity index (χ3n) is 3.52. The lowest BCUT2D eigenvalue weighted by Crippen LogP contribution is -1.85. The van der Waals surface area contributed by atoms with Gasteiger partial charge in [0.2, 0.25) is 11.8 Å². The minimum absolute atomic E-state index is 0.489. The van der Waals surface area contributed by atoms with Gasteiger partial charge in [0.15, 0.2) is 0 Å². The zero-order valence-corrected chi connectivity index (χ0v) is 12.3. The maximum atomic E-state index is 5.80. The van der Waals surface area contributed by atoms with Crippen LogP contribution in [0.25, 0.3) is 34.2 Å². The Hall–Kier alpha value is -3.27. The normalized spacial score (nSPS) is 10.6. The van der Waals surface area contributed by atoms with E-state index < -0.39 is 0 Å². The Morgan fingerprint density at radius 2 is 1.22 bits per heavy atom. The van der Waals surface area contributed by atoms with Gasteiger partial charge in [-0.05, 0) is 24.3 Å². The second-order valence-corrected chi connectivity index (χ2v) is 5.07. The molecule has 0 radical (unpaired) electrons. The molecule has 0 bridgehead atoms. The average Bonchev–Trinajstić information content (AvgIpc) is 3.14. The molecule has 4 aromatic rings. The second-order valence-electron chi connectivity index (χ2n) is 5.07. The van der Waals surface area contributed by atoms with Crippen LogP contribution in [0.1, 0.15) is 0 Å². The summed E-state index contributed by atoms with van der Waals surface area (Å²) in [5.74, 6) is 1.00. The molecule has 0 saturated heterocycles. The third kappa shape index (κ3) is 2.74. The van der Waals surface area contributed by atoms with Crippen LogP contribution in [0.4, 0.5) is 0 Å². The van der Waals surface area contributed by atoms with E-state index in [1.165, 1.54) is 0 Å². The Balaban J connectivity index is 1.71. The van der Waals surface area contributed by atoms with Crippen LogP contribution in [-0.4, -0.2) is 15.2 Å². The van der Waals surface area contributed by atoms with Gasteiger partial charge in [0.05, 0.1) is 5.69 Å². The molecular formula is C19H13N3O. The van der Waals surface area contributed by atoms with Gasteiger partial charge in [0.1, 0.15) is 0 Å². The van der Waals surface area contributed by atoms with Gasteiger partial charge in [-0.3, -0.25) is 4.98 Å². The van der Waals surface area contributed by atoms with Gasteiger partial charge in [-0.15, -0.1) is 10.2 Å². The maximum absolute atomic E-state index is 5.80. The average molecular weight is 299 g/mol. The molecule has 2 aromatic heterocycles. The molecule has 0 amide bonds. The van der Waals surface area contributed by atoms with Crippen molar-refractivity contribution in [3.8, 4) is 34.2 Å². The summed E-state index contributed by atoms with van der Waals surface area (Å²) in [6.07, 6.45) is 1.75. The van der Waals surface area contributed by atoms with Crippen LogP contribution in [0, 0.1) is 0 Å². The number of hydrogen-bond donors (Lipinski definition) is 0. The van der Waals surface area contributed by atoms with Crippen molar-refractivity contribution < 1.29 is 4.42 Å². The Morgan fingerprint density at radius 1 is 0.609 bits per heavy atom. The highest BCUT2D eigenvalue weighted by Crippen LogP contribution is 2.26. The first-order valence-corrected chi connectivity index (χ1v) is 7.31. The van der Waals surface area contributed by atoms with Gasteiger partial charge in [-0.1, -0.05) is 48.5 Å². The molecule has 0 spiro atoms. The Labute approximate surface area is 133 Å². The largest absolute Gasteiger partial charge is 0.416 e. The van der Waals surface area contributed by atoms with Crippen molar-refractivity contribution in [1.29, 1.82) is 0 Å². The van der Waals surface area contributed by atoms with Crippen molar-refractivity contribution in [2.45, 2.75) is 0 Å². The van der Waals surface area contributed by atoms with Crippen LogP contribution in [0.15, 0.2) is 83.4 Å². The lowest BCUT2D eigenvalue weighted by molar-refractivity contribution is 0.584. The van der Waals surface area contributed by atoms with E-state index in [0.717, 1.165) is 22.4 Å². The highest BCUT2D eigenvalue weighted by atomic mass is 16.4. The standard InChI is InChI=1S/C19H13N3O/c1-3-7-14(8-4-1)17-13-16(11-12-20-17)19-22-21-18(23-19)15-9-5-2-6-10-15/h1-13H. The molecular weight excluding hydrogens is 286 g/mol. The van der Waals surface area contributed by atoms with Crippen LogP contribution < -0.4 is 0 Å². The van der Waals surface area contributed by atoms with Gasteiger partial charge < -0.3 is 4.42 Å². The van der Waals surface area contributed by atoms with Gasteiger partial charge in [0, 0.05) is 22.9 Å². The topological polar surface area (TPSA) is 51.8 Å². The van der Waals surface area contributed by atoms with E-state index in [2.05, 4.69) is 15.2 Å². The van der Waals surface area contributed by atoms with Crippen molar-refractivity contribution in [1.82, 2.24) is 15.2 Å². The summed E-state index contributed by atoms with van der Waals surface area (Å²) in [4.78, 5) is 4.41. The van der Waals surface area contributed by atoms with Crippen LogP contribution in [0.2, 0.25) is 0 Å². The molecule has 2 heterocycles. The molecule has 0 aliphatic carbocycles. The van der Waals surface area contributed by atoms with Crippen molar-refractivity contribution in [3.63, 3.8) is 0 Å². The van der Waals surface area contributed by atoms with Crippen molar-refractivity contribution in [2.75, 3.05) is 0 Å². The first-order valence-electron chi connectivity index (χ1n) is 7.31. The summed E-state index contributed by atoms with van der Waals surface area (Å²) < 4.78 is 5.80. The second kappa shape index (κ2) is 5.85. The first-order chi connectivity index (χ1) is 11.4. The molecule has 4 nitrogen and oxygen atoms in total. The van der Waals surface area contributed by atoms with E-state index >= 15 is 0 Å². The summed E-state index contributed by atoms with van der Waals surface area (Å²) in [7, 11) is 0. The van der Waals surface area contributed by atoms with E-state index in [-0.39, 0.29) is 0 Å². The summed E-state index contributed by atoms with van der Waals surface area (Å²) in [5, 5.41) is 8.28. The molecule has 0 aliphatic rings. The van der Waals surface area contributed by atoms with E-state index in [0.29, 0.717) is 11.8 Å². The van der Waals surface area contributed by atoms with Crippen molar-refractivity contribution in [3.05, 3.63) is 79.0 Å². The van der Waals surface area contributed by atoms with Crippen LogP contribution in [0.5, 0.6) is 0 Å². The highest BCUT2D eigenvalue weighted by Gasteiger charge is 2.11. The smallest absolute Gasteiger partial charge is 0.248 e. The predicted octanol–water partition coefficient (Wildman–Crippen LogP) is 4.47. The van der Waals surface area contributed by atoms with Gasteiger partial charge in [-0.25, -0.2) is 0 Å². The Bertz CT molecular complexity index is 918. The molecule has 110 valence electrons. The summed E-state index contributed by atoms with van der Waals surface area (Å²) in [6, 6.07) is 23.6. The van der Waals surface area contributed by atoms with Gasteiger partial charge >= 0.3 is 0 Å². The molecule has 2 aromatic carbocycles. The summed E-state index contributed by atoms with van der Waals surface area (Å²) >= 11 is 0. The zero-order chi connectivity index (χ0) is 15.5. The molecule has 0 fully saturated rings. The van der Waals surface area contributed by atoms with Gasteiger partial charge in [0.25, 0.3) is 0 Å². The molecule has 0 atom stereocenters. The fraction of sp³-hybridized carbons (Fsp3) is 0. The maximum Gasteiger partial charge on any atom is 0.248 e. The Morgan fingerprint density at radius 3 is 1.91 bits per heavy atom. The fourth-order valence-electron chi connectivity index (χ4n) is 2.37. The number of rotatable bonds is 3. The van der Waals surface area contributed by atoms with Crippen molar-refractivity contribution in [2.24, 2.45) is 0 Å². The predicted molar refractivity (Wildman–Crippen MR) is 88.4 cm³/mol. The van der Waals surface area contributed by atoms with E-state index in [1.807, 2.05) is 72.8 Å². The van der Waals surface area contributed by atoms with Gasteiger partial charge in [-0.2, -0.15) is 0 Å². The molecule has 4 heteroatoms. The number of nitrogens with zero attached hydrogens (tertiary/aromatic N) is 3. The molecule has 0 aliphatic heterocycles. The van der Waals surface area contributed by atoms with Crippen LogP contribution in [0.3, 0.4) is 0 Å². The zero-order valence-electron chi connectivity index (χ0n) is 12.3. The number of hydrogen-bond acceptors (Lipinski definition) is 4. The lowest BCUT2D eigenvalue weighted by Gasteiger charge is -2.01. The van der Waals surface area contributed by atoms with Crippen LogP contribution in [-0.2, 0) is 0 Å². The molecule has 0 unspecified atom stereocenters. The minimum atomic E-state index is 0.489. The Kier molecular flexibility index (Phi) is 3.41. The fourth-order valence-corrected chi connectivity index (χ4v) is 2.37. The summed E-state index contributed by atoms with van der Waals surface area (Å²) in [6.45, 7) is 0. The number of aromatic nitrogens is 3. The lowest BCUT2D eigenvalue weighted by atomic mass is 10.1. The minimum Gasteiger partial charge on any atom is -0.416 e. The molecule has 23 heavy (non-hydrogen) atoms. The molecule has 4 rings (SSSR count). The number of benzene rings is 2. The van der Waals surface area contributed by atoms with E-state index in [1.54, 1.807) is 6.20 Å². The highest BCUT2D eigenvalue weighted by molar-refractivity contribution is 5.66. The quantitative estimate of drug-likeness (QED) is 0.560. The SMILES string of the molecule is c1ccc(-c2cc(-c3nnc(-c4ccccc4)o3)ccn2)cc1. The third-order valence-corrected chi connectivity index (χ3v) is 3.52. The molecule has 0 saturated carbocycles.